The standard InChI is InChI=1S/C21H17Cl2FN4O5/c1-30-14-6-4-5-12(24)10(14)9-33-16-8-13(11(22)7-15(16)31-2)28-18-17(25-21(28)29)19(32-3)27-20(23)26-18/h4-8H,9H2,1-3H3,(H,25,29). The summed E-state index contributed by atoms with van der Waals surface area (Å²) in [5, 5.41) is 0.0410. The normalized spacial score (nSPS) is 11.0. The second-order valence-electron chi connectivity index (χ2n) is 6.63. The van der Waals surface area contributed by atoms with Crippen LogP contribution in [0.1, 0.15) is 5.56 Å². The Balaban J connectivity index is 1.83. The second kappa shape index (κ2) is 9.16. The molecule has 4 rings (SSSR count). The van der Waals surface area contributed by atoms with E-state index in [1.807, 2.05) is 0 Å². The average molecular weight is 495 g/mol. The average Bonchev–Trinajstić information content (AvgIpc) is 3.13. The van der Waals surface area contributed by atoms with Crippen LogP contribution in [0.3, 0.4) is 0 Å². The molecule has 12 heteroatoms. The Kier molecular flexibility index (Phi) is 6.30. The third-order valence-electron chi connectivity index (χ3n) is 4.81. The van der Waals surface area contributed by atoms with Gasteiger partial charge in [0.15, 0.2) is 17.1 Å². The van der Waals surface area contributed by atoms with Crippen molar-refractivity contribution in [2.75, 3.05) is 21.3 Å². The van der Waals surface area contributed by atoms with Crippen molar-refractivity contribution in [1.82, 2.24) is 19.5 Å². The van der Waals surface area contributed by atoms with Crippen molar-refractivity contribution < 1.29 is 23.3 Å². The fraction of sp³-hybridized carbons (Fsp3) is 0.190. The molecule has 0 aliphatic carbocycles. The number of halogens is 3. The van der Waals surface area contributed by atoms with Gasteiger partial charge in [-0.15, -0.1) is 0 Å². The number of imidazole rings is 1. The van der Waals surface area contributed by atoms with Crippen molar-refractivity contribution in [3.8, 4) is 28.8 Å². The molecule has 0 atom stereocenters. The molecule has 0 radical (unpaired) electrons. The van der Waals surface area contributed by atoms with Crippen molar-refractivity contribution in [3.63, 3.8) is 0 Å². The summed E-state index contributed by atoms with van der Waals surface area (Å²) in [6.45, 7) is -0.169. The predicted molar refractivity (Wildman–Crippen MR) is 120 cm³/mol. The molecule has 0 unspecified atom stereocenters. The van der Waals surface area contributed by atoms with E-state index in [0.29, 0.717) is 5.75 Å². The number of H-pyrrole nitrogens is 1. The molecule has 0 spiro atoms. The lowest BCUT2D eigenvalue weighted by Gasteiger charge is -2.16. The summed E-state index contributed by atoms with van der Waals surface area (Å²) < 4.78 is 37.1. The summed E-state index contributed by atoms with van der Waals surface area (Å²) in [4.78, 5) is 23.5. The number of ether oxygens (including phenoxy) is 4. The highest BCUT2D eigenvalue weighted by atomic mass is 35.5. The fourth-order valence-corrected chi connectivity index (χ4v) is 3.69. The smallest absolute Gasteiger partial charge is 0.332 e. The first-order valence-corrected chi connectivity index (χ1v) is 10.2. The lowest BCUT2D eigenvalue weighted by Crippen LogP contribution is -2.16. The molecule has 9 nitrogen and oxygen atoms in total. The SMILES string of the molecule is COc1cc(Cl)c(-n2c(=O)[nH]c3c(OC)nc(Cl)nc32)cc1OCc1c(F)cccc1OC. The minimum Gasteiger partial charge on any atom is -0.496 e. The number of aromatic nitrogens is 4. The highest BCUT2D eigenvalue weighted by Crippen LogP contribution is 2.37. The van der Waals surface area contributed by atoms with Crippen LogP contribution < -0.4 is 24.6 Å². The number of aromatic amines is 1. The molecule has 0 saturated heterocycles. The number of methoxy groups -OCH3 is 3. The molecular weight excluding hydrogens is 478 g/mol. The maximum atomic E-state index is 14.3. The van der Waals surface area contributed by atoms with E-state index >= 15 is 0 Å². The Hall–Kier alpha value is -3.50. The van der Waals surface area contributed by atoms with Crippen LogP contribution >= 0.6 is 23.2 Å². The number of hydrogen-bond donors (Lipinski definition) is 1. The van der Waals surface area contributed by atoms with Crippen molar-refractivity contribution >= 4 is 34.4 Å². The van der Waals surface area contributed by atoms with Gasteiger partial charge in [0.2, 0.25) is 11.2 Å². The molecule has 0 bridgehead atoms. The minimum absolute atomic E-state index is 0.0913. The molecule has 1 N–H and O–H groups in total. The molecule has 0 aliphatic heterocycles. The molecule has 0 aliphatic rings. The molecule has 0 saturated carbocycles. The zero-order chi connectivity index (χ0) is 23.7. The van der Waals surface area contributed by atoms with E-state index in [1.54, 1.807) is 6.07 Å². The highest BCUT2D eigenvalue weighted by Gasteiger charge is 2.21. The topological polar surface area (TPSA) is 100 Å². The van der Waals surface area contributed by atoms with Gasteiger partial charge >= 0.3 is 5.69 Å². The van der Waals surface area contributed by atoms with Crippen LogP contribution in [-0.4, -0.2) is 40.8 Å². The van der Waals surface area contributed by atoms with Crippen molar-refractivity contribution in [1.29, 1.82) is 0 Å². The Morgan fingerprint density at radius 3 is 2.48 bits per heavy atom. The van der Waals surface area contributed by atoms with Gasteiger partial charge in [0.25, 0.3) is 0 Å². The first-order valence-electron chi connectivity index (χ1n) is 9.42. The maximum absolute atomic E-state index is 14.3. The summed E-state index contributed by atoms with van der Waals surface area (Å²) in [6, 6.07) is 7.40. The van der Waals surface area contributed by atoms with Gasteiger partial charge in [-0.2, -0.15) is 9.97 Å². The van der Waals surface area contributed by atoms with E-state index in [4.69, 9.17) is 42.1 Å². The molecular formula is C21H17Cl2FN4O5. The molecule has 172 valence electrons. The van der Waals surface area contributed by atoms with Crippen LogP contribution in [-0.2, 0) is 6.61 Å². The summed E-state index contributed by atoms with van der Waals surface area (Å²) in [6.07, 6.45) is 0. The molecule has 33 heavy (non-hydrogen) atoms. The van der Waals surface area contributed by atoms with Gasteiger partial charge in [0.05, 0.1) is 37.6 Å². The van der Waals surface area contributed by atoms with E-state index in [2.05, 4.69) is 15.0 Å². The number of fused-ring (bicyclic) bond motifs is 1. The first-order chi connectivity index (χ1) is 15.9. The first kappa shape index (κ1) is 22.7. The zero-order valence-corrected chi connectivity index (χ0v) is 19.1. The van der Waals surface area contributed by atoms with Crippen LogP contribution in [0.25, 0.3) is 16.9 Å². The van der Waals surface area contributed by atoms with Crippen LogP contribution in [0.4, 0.5) is 4.39 Å². The number of nitrogens with zero attached hydrogens (tertiary/aromatic N) is 3. The monoisotopic (exact) mass is 494 g/mol. The number of hydrogen-bond acceptors (Lipinski definition) is 7. The van der Waals surface area contributed by atoms with Crippen molar-refractivity contribution in [3.05, 3.63) is 62.5 Å². The lowest BCUT2D eigenvalue weighted by atomic mass is 10.2. The quantitative estimate of drug-likeness (QED) is 0.385. The maximum Gasteiger partial charge on any atom is 0.332 e. The van der Waals surface area contributed by atoms with E-state index in [0.717, 1.165) is 0 Å². The summed E-state index contributed by atoms with van der Waals surface area (Å²) >= 11 is 12.4. The largest absolute Gasteiger partial charge is 0.496 e. The van der Waals surface area contributed by atoms with Crippen LogP contribution in [0, 0.1) is 5.82 Å². The molecule has 0 fully saturated rings. The number of nitrogens with one attached hydrogen (secondary N) is 1. The highest BCUT2D eigenvalue weighted by molar-refractivity contribution is 6.32. The summed E-state index contributed by atoms with van der Waals surface area (Å²) in [5.41, 5.74) is 0.254. The van der Waals surface area contributed by atoms with Gasteiger partial charge in [-0.1, -0.05) is 17.7 Å². The van der Waals surface area contributed by atoms with Gasteiger partial charge in [-0.05, 0) is 23.7 Å². The van der Waals surface area contributed by atoms with Crippen molar-refractivity contribution in [2.45, 2.75) is 6.61 Å². The zero-order valence-electron chi connectivity index (χ0n) is 17.6. The Bertz CT molecular complexity index is 1410. The second-order valence-corrected chi connectivity index (χ2v) is 7.38. The number of rotatable bonds is 7. The Labute approximate surface area is 196 Å². The van der Waals surface area contributed by atoms with Crippen molar-refractivity contribution in [2.24, 2.45) is 0 Å². The van der Waals surface area contributed by atoms with Crippen LogP contribution in [0.2, 0.25) is 10.3 Å². The molecule has 2 aromatic heterocycles. The van der Waals surface area contributed by atoms with Gasteiger partial charge in [0, 0.05) is 12.1 Å². The summed E-state index contributed by atoms with van der Waals surface area (Å²) in [7, 11) is 4.25. The van der Waals surface area contributed by atoms with Crippen LogP contribution in [0.15, 0.2) is 35.1 Å². The van der Waals surface area contributed by atoms with E-state index < -0.39 is 11.5 Å². The third-order valence-corrected chi connectivity index (χ3v) is 5.28. The van der Waals surface area contributed by atoms with E-state index in [1.165, 1.54) is 50.2 Å². The van der Waals surface area contributed by atoms with Gasteiger partial charge in [-0.25, -0.2) is 13.8 Å². The predicted octanol–water partition coefficient (Wildman–Crippen LogP) is 4.16. The Morgan fingerprint density at radius 2 is 1.79 bits per heavy atom. The fourth-order valence-electron chi connectivity index (χ4n) is 3.29. The van der Waals surface area contributed by atoms with Crippen LogP contribution in [0.5, 0.6) is 23.1 Å². The van der Waals surface area contributed by atoms with Gasteiger partial charge < -0.3 is 18.9 Å². The van der Waals surface area contributed by atoms with E-state index in [9.17, 15) is 9.18 Å². The van der Waals surface area contributed by atoms with E-state index in [-0.39, 0.29) is 56.7 Å². The third kappa shape index (κ3) is 4.14. The molecule has 0 amide bonds. The minimum atomic E-state index is -0.561. The Morgan fingerprint density at radius 1 is 1.03 bits per heavy atom. The molecule has 2 heterocycles. The van der Waals surface area contributed by atoms with Gasteiger partial charge in [0.1, 0.15) is 23.7 Å². The molecule has 2 aromatic carbocycles. The molecule has 4 aromatic rings. The lowest BCUT2D eigenvalue weighted by molar-refractivity contribution is 0.272. The van der Waals surface area contributed by atoms with Gasteiger partial charge in [-0.3, -0.25) is 4.98 Å². The number of benzene rings is 2. The summed E-state index contributed by atoms with van der Waals surface area (Å²) in [5.74, 6) is 0.407.